The molecule has 0 radical (unpaired) electrons. The largest absolute Gasteiger partial charge is 0.473 e. The molecule has 0 spiro atoms. The molecule has 2 fully saturated rings. The molecule has 2 heterocycles. The van der Waals surface area contributed by atoms with Gasteiger partial charge in [-0.25, -0.2) is 9.78 Å². The second-order valence-corrected chi connectivity index (χ2v) is 6.43. The third kappa shape index (κ3) is 3.83. The first-order chi connectivity index (χ1) is 10.7. The summed E-state index contributed by atoms with van der Waals surface area (Å²) in [5.41, 5.74) is 0. The van der Waals surface area contributed by atoms with E-state index in [1.54, 1.807) is 18.3 Å². The van der Waals surface area contributed by atoms with Crippen LogP contribution in [-0.2, 0) is 0 Å². The highest BCUT2D eigenvalue weighted by Crippen LogP contribution is 2.27. The van der Waals surface area contributed by atoms with Crippen LogP contribution in [0, 0.1) is 0 Å². The summed E-state index contributed by atoms with van der Waals surface area (Å²) in [6.07, 6.45) is 7.77. The molecular weight excluding hydrogens is 302 g/mol. The van der Waals surface area contributed by atoms with Crippen molar-refractivity contribution in [3.05, 3.63) is 23.4 Å². The number of aromatic nitrogens is 1. The number of nitrogens with one attached hydrogen (secondary N) is 1. The van der Waals surface area contributed by atoms with Crippen molar-refractivity contribution in [3.8, 4) is 5.88 Å². The third-order valence-electron chi connectivity index (χ3n) is 4.40. The molecule has 1 aromatic heterocycles. The van der Waals surface area contributed by atoms with Crippen molar-refractivity contribution in [2.45, 2.75) is 50.7 Å². The molecule has 1 saturated heterocycles. The van der Waals surface area contributed by atoms with Crippen molar-refractivity contribution in [1.29, 1.82) is 0 Å². The molecule has 0 bridgehead atoms. The summed E-state index contributed by atoms with van der Waals surface area (Å²) >= 11 is 6.06. The van der Waals surface area contributed by atoms with E-state index < -0.39 is 0 Å². The van der Waals surface area contributed by atoms with E-state index in [-0.39, 0.29) is 18.2 Å². The maximum absolute atomic E-state index is 12.1. The van der Waals surface area contributed by atoms with E-state index in [0.29, 0.717) is 10.9 Å². The van der Waals surface area contributed by atoms with Gasteiger partial charge in [-0.05, 0) is 50.7 Å². The molecule has 0 unspecified atom stereocenters. The molecular formula is C16H22ClN3O2. The molecule has 2 amide bonds. The van der Waals surface area contributed by atoms with Crippen molar-refractivity contribution >= 4 is 17.6 Å². The van der Waals surface area contributed by atoms with Crippen LogP contribution in [-0.4, -0.2) is 41.2 Å². The summed E-state index contributed by atoms with van der Waals surface area (Å²) in [4.78, 5) is 18.2. The molecule has 0 aromatic carbocycles. The minimum atomic E-state index is 0.0923. The normalized spacial score (nSPS) is 25.0. The first-order valence-electron chi connectivity index (χ1n) is 8.05. The SMILES string of the molecule is O=C(NC1CCC(Oc2ncccc2Cl)CC1)N1CCCC1. The van der Waals surface area contributed by atoms with E-state index in [2.05, 4.69) is 10.3 Å². The van der Waals surface area contributed by atoms with Gasteiger partial charge in [-0.3, -0.25) is 0 Å². The highest BCUT2D eigenvalue weighted by molar-refractivity contribution is 6.31. The molecule has 120 valence electrons. The maximum atomic E-state index is 12.1. The van der Waals surface area contributed by atoms with E-state index in [9.17, 15) is 4.79 Å². The molecule has 1 saturated carbocycles. The van der Waals surface area contributed by atoms with Crippen LogP contribution in [0.25, 0.3) is 0 Å². The number of urea groups is 1. The van der Waals surface area contributed by atoms with Crippen LogP contribution in [0.5, 0.6) is 5.88 Å². The lowest BCUT2D eigenvalue weighted by atomic mass is 9.93. The molecule has 5 nitrogen and oxygen atoms in total. The van der Waals surface area contributed by atoms with Crippen LogP contribution in [0.2, 0.25) is 5.02 Å². The first-order valence-corrected chi connectivity index (χ1v) is 8.43. The number of halogens is 1. The van der Waals surface area contributed by atoms with E-state index >= 15 is 0 Å². The van der Waals surface area contributed by atoms with Gasteiger partial charge in [0.25, 0.3) is 0 Å². The number of hydrogen-bond acceptors (Lipinski definition) is 3. The number of rotatable bonds is 3. The fraction of sp³-hybridized carbons (Fsp3) is 0.625. The zero-order chi connectivity index (χ0) is 15.4. The summed E-state index contributed by atoms with van der Waals surface area (Å²) in [5, 5.41) is 3.69. The van der Waals surface area contributed by atoms with Crippen molar-refractivity contribution < 1.29 is 9.53 Å². The van der Waals surface area contributed by atoms with E-state index in [0.717, 1.165) is 51.6 Å². The average Bonchev–Trinajstić information content (AvgIpc) is 3.06. The van der Waals surface area contributed by atoms with Crippen LogP contribution in [0.3, 0.4) is 0 Å². The zero-order valence-electron chi connectivity index (χ0n) is 12.6. The number of pyridine rings is 1. The van der Waals surface area contributed by atoms with Gasteiger partial charge in [-0.1, -0.05) is 11.6 Å². The van der Waals surface area contributed by atoms with E-state index in [1.165, 1.54) is 0 Å². The van der Waals surface area contributed by atoms with Gasteiger partial charge in [-0.2, -0.15) is 0 Å². The molecule has 0 atom stereocenters. The second kappa shape index (κ2) is 7.18. The van der Waals surface area contributed by atoms with Gasteiger partial charge in [0, 0.05) is 25.3 Å². The first kappa shape index (κ1) is 15.4. The molecule has 1 aliphatic heterocycles. The lowest BCUT2D eigenvalue weighted by Gasteiger charge is -2.30. The number of carbonyl (C=O) groups excluding carboxylic acids is 1. The maximum Gasteiger partial charge on any atom is 0.317 e. The Bertz CT molecular complexity index is 512. The molecule has 2 aliphatic rings. The summed E-state index contributed by atoms with van der Waals surface area (Å²) in [6, 6.07) is 3.92. The Kier molecular flexibility index (Phi) is 5.03. The second-order valence-electron chi connectivity index (χ2n) is 6.03. The standard InChI is InChI=1S/C16H22ClN3O2/c17-14-4-3-9-18-15(14)22-13-7-5-12(6-8-13)19-16(21)20-10-1-2-11-20/h3-4,9,12-13H,1-2,5-8,10-11H2,(H,19,21). The molecule has 1 N–H and O–H groups in total. The topological polar surface area (TPSA) is 54.5 Å². The number of amides is 2. The molecule has 22 heavy (non-hydrogen) atoms. The average molecular weight is 324 g/mol. The number of hydrogen-bond donors (Lipinski definition) is 1. The fourth-order valence-corrected chi connectivity index (χ4v) is 3.29. The van der Waals surface area contributed by atoms with Crippen LogP contribution in [0.4, 0.5) is 4.79 Å². The van der Waals surface area contributed by atoms with Crippen LogP contribution >= 0.6 is 11.6 Å². The number of nitrogens with zero attached hydrogens (tertiary/aromatic N) is 2. The van der Waals surface area contributed by atoms with Gasteiger partial charge >= 0.3 is 6.03 Å². The van der Waals surface area contributed by atoms with Crippen LogP contribution in [0.15, 0.2) is 18.3 Å². The Morgan fingerprint density at radius 2 is 2.00 bits per heavy atom. The quantitative estimate of drug-likeness (QED) is 0.929. The van der Waals surface area contributed by atoms with Crippen LogP contribution in [0.1, 0.15) is 38.5 Å². The minimum absolute atomic E-state index is 0.0923. The molecule has 6 heteroatoms. The molecule has 1 aliphatic carbocycles. The Hall–Kier alpha value is -1.49. The minimum Gasteiger partial charge on any atom is -0.473 e. The number of ether oxygens (including phenoxy) is 1. The monoisotopic (exact) mass is 323 g/mol. The summed E-state index contributed by atoms with van der Waals surface area (Å²) in [6.45, 7) is 1.78. The zero-order valence-corrected chi connectivity index (χ0v) is 13.4. The van der Waals surface area contributed by atoms with Crippen molar-refractivity contribution in [2.75, 3.05) is 13.1 Å². The highest BCUT2D eigenvalue weighted by Gasteiger charge is 2.26. The predicted molar refractivity (Wildman–Crippen MR) is 85.3 cm³/mol. The summed E-state index contributed by atoms with van der Waals surface area (Å²) in [5.74, 6) is 0.508. The Morgan fingerprint density at radius 1 is 1.27 bits per heavy atom. The Balaban J connectivity index is 1.44. The van der Waals surface area contributed by atoms with Gasteiger partial charge in [-0.15, -0.1) is 0 Å². The lowest BCUT2D eigenvalue weighted by Crippen LogP contribution is -2.45. The van der Waals surface area contributed by atoms with Gasteiger partial charge in [0.05, 0.1) is 0 Å². The highest BCUT2D eigenvalue weighted by atomic mass is 35.5. The smallest absolute Gasteiger partial charge is 0.317 e. The lowest BCUT2D eigenvalue weighted by molar-refractivity contribution is 0.132. The van der Waals surface area contributed by atoms with Crippen molar-refractivity contribution in [3.63, 3.8) is 0 Å². The van der Waals surface area contributed by atoms with E-state index in [4.69, 9.17) is 16.3 Å². The van der Waals surface area contributed by atoms with E-state index in [1.807, 2.05) is 4.90 Å². The van der Waals surface area contributed by atoms with Gasteiger partial charge in [0.1, 0.15) is 11.1 Å². The molecule has 1 aromatic rings. The third-order valence-corrected chi connectivity index (χ3v) is 4.69. The van der Waals surface area contributed by atoms with Crippen molar-refractivity contribution in [2.24, 2.45) is 0 Å². The number of likely N-dealkylation sites (tertiary alicyclic amines) is 1. The van der Waals surface area contributed by atoms with Gasteiger partial charge in [0.15, 0.2) is 0 Å². The Labute approximate surface area is 136 Å². The number of carbonyl (C=O) groups is 1. The predicted octanol–water partition coefficient (Wildman–Crippen LogP) is 3.23. The summed E-state index contributed by atoms with van der Waals surface area (Å²) in [7, 11) is 0. The fourth-order valence-electron chi connectivity index (χ4n) is 3.13. The molecule has 3 rings (SSSR count). The Morgan fingerprint density at radius 3 is 2.68 bits per heavy atom. The van der Waals surface area contributed by atoms with Crippen LogP contribution < -0.4 is 10.1 Å². The summed E-state index contributed by atoms with van der Waals surface area (Å²) < 4.78 is 5.87. The van der Waals surface area contributed by atoms with Crippen molar-refractivity contribution in [1.82, 2.24) is 15.2 Å². The van der Waals surface area contributed by atoms with Gasteiger partial charge < -0.3 is 15.0 Å². The van der Waals surface area contributed by atoms with Gasteiger partial charge in [0.2, 0.25) is 5.88 Å².